The van der Waals surface area contributed by atoms with Crippen LogP contribution in [0.1, 0.15) is 131 Å². The minimum absolute atomic E-state index is 0.871. The van der Waals surface area contributed by atoms with Gasteiger partial charge >= 0.3 is 0 Å². The van der Waals surface area contributed by atoms with Crippen LogP contribution in [0.4, 0.5) is 0 Å². The van der Waals surface area contributed by atoms with Crippen LogP contribution in [0.25, 0.3) is 0 Å². The summed E-state index contributed by atoms with van der Waals surface area (Å²) in [6.07, 6.45) is 21.9. The van der Waals surface area contributed by atoms with Gasteiger partial charge in [0.05, 0.1) is 0 Å². The number of hydrogen-bond acceptors (Lipinski definition) is 0. The van der Waals surface area contributed by atoms with E-state index in [0.717, 1.165) is 17.8 Å². The zero-order valence-corrected chi connectivity index (χ0v) is 17.3. The lowest BCUT2D eigenvalue weighted by Crippen LogP contribution is -2.08. The maximum absolute atomic E-state index is 2.38. The molecule has 0 atom stereocenters. The van der Waals surface area contributed by atoms with Gasteiger partial charge in [0.25, 0.3) is 0 Å². The Hall–Kier alpha value is 0. The highest BCUT2D eigenvalue weighted by atomic mass is 14.2. The quantitative estimate of drug-likeness (QED) is 0.234. The molecule has 0 rings (SSSR count). The molecule has 0 fully saturated rings. The van der Waals surface area contributed by atoms with Crippen molar-refractivity contribution in [3.63, 3.8) is 0 Å². The summed E-state index contributed by atoms with van der Waals surface area (Å²) in [5.41, 5.74) is 0. The van der Waals surface area contributed by atoms with Crippen LogP contribution in [0.2, 0.25) is 0 Å². The molecule has 0 bridgehead atoms. The first-order valence-corrected chi connectivity index (χ1v) is 11.1. The topological polar surface area (TPSA) is 0 Å². The predicted octanol–water partition coefficient (Wildman–Crippen LogP) is 8.79. The van der Waals surface area contributed by atoms with Gasteiger partial charge in [-0.2, -0.15) is 0 Å². The third-order valence-electron chi connectivity index (χ3n) is 5.08. The van der Waals surface area contributed by atoms with E-state index < -0.39 is 0 Å². The zero-order valence-electron chi connectivity index (χ0n) is 17.3. The largest absolute Gasteiger partial charge is 0.0654 e. The Morgan fingerprint density at radius 2 is 0.826 bits per heavy atom. The van der Waals surface area contributed by atoms with E-state index in [9.17, 15) is 0 Å². The van der Waals surface area contributed by atoms with Crippen LogP contribution >= 0.6 is 0 Å². The molecule has 0 aliphatic rings. The highest BCUT2D eigenvalue weighted by Crippen LogP contribution is 2.25. The minimum Gasteiger partial charge on any atom is -0.0654 e. The minimum atomic E-state index is 0.871. The van der Waals surface area contributed by atoms with Crippen molar-refractivity contribution in [2.24, 2.45) is 17.8 Å². The van der Waals surface area contributed by atoms with Gasteiger partial charge in [-0.25, -0.2) is 0 Å². The molecule has 0 unspecified atom stereocenters. The maximum atomic E-state index is 2.38. The van der Waals surface area contributed by atoms with Crippen molar-refractivity contribution in [3.05, 3.63) is 0 Å². The van der Waals surface area contributed by atoms with Crippen molar-refractivity contribution >= 4 is 0 Å². The van der Waals surface area contributed by atoms with E-state index in [1.54, 1.807) is 0 Å². The highest BCUT2D eigenvalue weighted by Gasteiger charge is 2.12. The summed E-state index contributed by atoms with van der Waals surface area (Å²) in [6, 6.07) is 0. The molecule has 0 saturated heterocycles. The second-order valence-corrected chi connectivity index (χ2v) is 8.80. The molecule has 0 heteroatoms. The molecule has 0 aromatic rings. The lowest BCUT2D eigenvalue weighted by molar-refractivity contribution is 0.315. The Labute approximate surface area is 149 Å². The van der Waals surface area contributed by atoms with Crippen molar-refractivity contribution in [2.75, 3.05) is 0 Å². The third-order valence-corrected chi connectivity index (χ3v) is 5.08. The Bertz CT molecular complexity index is 206. The van der Waals surface area contributed by atoms with Crippen molar-refractivity contribution < 1.29 is 0 Å². The smallest absolute Gasteiger partial charge is 0.0409 e. The molecule has 0 heterocycles. The molecule has 0 N–H and O–H groups in total. The standard InChI is InChI=1S/C23H48/c1-6-7-8-9-10-11-12-13-14-15-16-17-18-23(19-21(2)3)20-22(4)5/h21-23H,6-20H2,1-5H3. The zero-order chi connectivity index (χ0) is 17.3. The fourth-order valence-electron chi connectivity index (χ4n) is 3.94. The van der Waals surface area contributed by atoms with Gasteiger partial charge in [-0.1, -0.05) is 118 Å². The first kappa shape index (κ1) is 23.0. The number of rotatable bonds is 17. The molecular formula is C23H48. The first-order chi connectivity index (χ1) is 11.1. The lowest BCUT2D eigenvalue weighted by atomic mass is 9.85. The second kappa shape index (κ2) is 16.8. The van der Waals surface area contributed by atoms with Crippen molar-refractivity contribution in [2.45, 2.75) is 131 Å². The molecule has 0 nitrogen and oxygen atoms in total. The van der Waals surface area contributed by atoms with Crippen LogP contribution in [0.15, 0.2) is 0 Å². The number of unbranched alkanes of at least 4 members (excludes halogenated alkanes) is 11. The van der Waals surface area contributed by atoms with Crippen molar-refractivity contribution in [1.29, 1.82) is 0 Å². The van der Waals surface area contributed by atoms with E-state index in [4.69, 9.17) is 0 Å². The molecule has 0 aliphatic carbocycles. The first-order valence-electron chi connectivity index (χ1n) is 11.1. The predicted molar refractivity (Wildman–Crippen MR) is 108 cm³/mol. The summed E-state index contributed by atoms with van der Waals surface area (Å²) in [7, 11) is 0. The van der Waals surface area contributed by atoms with Crippen molar-refractivity contribution in [1.82, 2.24) is 0 Å². The third kappa shape index (κ3) is 18.2. The highest BCUT2D eigenvalue weighted by molar-refractivity contribution is 4.64. The van der Waals surface area contributed by atoms with Gasteiger partial charge in [-0.15, -0.1) is 0 Å². The van der Waals surface area contributed by atoms with Crippen LogP contribution in [0, 0.1) is 17.8 Å². The molecular weight excluding hydrogens is 276 g/mol. The van der Waals surface area contributed by atoms with Crippen LogP contribution in [0.3, 0.4) is 0 Å². The van der Waals surface area contributed by atoms with Gasteiger partial charge in [0.1, 0.15) is 0 Å². The van der Waals surface area contributed by atoms with E-state index in [1.807, 2.05) is 0 Å². The summed E-state index contributed by atoms with van der Waals surface area (Å²) in [6.45, 7) is 11.8. The normalized spacial score (nSPS) is 12.0. The Kier molecular flexibility index (Phi) is 16.8. The van der Waals surface area contributed by atoms with Crippen LogP contribution < -0.4 is 0 Å². The van der Waals surface area contributed by atoms with Crippen LogP contribution in [-0.2, 0) is 0 Å². The average molecular weight is 325 g/mol. The molecule has 0 saturated carbocycles. The second-order valence-electron chi connectivity index (χ2n) is 8.80. The average Bonchev–Trinajstić information content (AvgIpc) is 2.47. The Morgan fingerprint density at radius 3 is 1.17 bits per heavy atom. The molecule has 0 aromatic carbocycles. The summed E-state index contributed by atoms with van der Waals surface area (Å²) in [5, 5.41) is 0. The molecule has 0 aliphatic heterocycles. The van der Waals surface area contributed by atoms with Gasteiger partial charge in [0.2, 0.25) is 0 Å². The van der Waals surface area contributed by atoms with Gasteiger partial charge in [0, 0.05) is 0 Å². The van der Waals surface area contributed by atoms with E-state index in [1.165, 1.54) is 96.3 Å². The molecule has 0 radical (unpaired) electrons. The summed E-state index contributed by atoms with van der Waals surface area (Å²) in [4.78, 5) is 0. The molecule has 0 spiro atoms. The lowest BCUT2D eigenvalue weighted by Gasteiger charge is -2.21. The summed E-state index contributed by atoms with van der Waals surface area (Å²) >= 11 is 0. The van der Waals surface area contributed by atoms with Gasteiger partial charge < -0.3 is 0 Å². The summed E-state index contributed by atoms with van der Waals surface area (Å²) < 4.78 is 0. The fraction of sp³-hybridized carbons (Fsp3) is 1.00. The number of hydrogen-bond donors (Lipinski definition) is 0. The monoisotopic (exact) mass is 324 g/mol. The molecule has 23 heavy (non-hydrogen) atoms. The SMILES string of the molecule is CCCCCCCCCCCCCCC(CC(C)C)CC(C)C. The van der Waals surface area contributed by atoms with Gasteiger partial charge in [0.15, 0.2) is 0 Å². The maximum Gasteiger partial charge on any atom is -0.0409 e. The van der Waals surface area contributed by atoms with Gasteiger partial charge in [-0.3, -0.25) is 0 Å². The van der Waals surface area contributed by atoms with E-state index >= 15 is 0 Å². The molecule has 0 aromatic heterocycles. The van der Waals surface area contributed by atoms with Gasteiger partial charge in [-0.05, 0) is 30.6 Å². The van der Waals surface area contributed by atoms with E-state index in [2.05, 4.69) is 34.6 Å². The Morgan fingerprint density at radius 1 is 0.478 bits per heavy atom. The fourth-order valence-corrected chi connectivity index (χ4v) is 3.94. The van der Waals surface area contributed by atoms with E-state index in [-0.39, 0.29) is 0 Å². The van der Waals surface area contributed by atoms with Crippen LogP contribution in [0.5, 0.6) is 0 Å². The van der Waals surface area contributed by atoms with E-state index in [0.29, 0.717) is 0 Å². The van der Waals surface area contributed by atoms with Crippen LogP contribution in [-0.4, -0.2) is 0 Å². The van der Waals surface area contributed by atoms with Crippen molar-refractivity contribution in [3.8, 4) is 0 Å². The summed E-state index contributed by atoms with van der Waals surface area (Å²) in [5.74, 6) is 2.73. The Balaban J connectivity index is 3.38. The molecule has 140 valence electrons. The molecule has 0 amide bonds.